The number of para-hydroxylation sites is 2. The Morgan fingerprint density at radius 3 is 1.96 bits per heavy atom. The maximum atomic E-state index is 11.8. The summed E-state index contributed by atoms with van der Waals surface area (Å²) in [5.74, 6) is 0.132. The van der Waals surface area contributed by atoms with E-state index in [2.05, 4.69) is 59.2 Å². The van der Waals surface area contributed by atoms with Gasteiger partial charge in [0.1, 0.15) is 0 Å². The topological polar surface area (TPSA) is 22.0 Å². The highest BCUT2D eigenvalue weighted by Gasteiger charge is 2.11. The Hall–Kier alpha value is -2.87. The molecule has 0 aliphatic rings. The highest BCUT2D eigenvalue weighted by molar-refractivity contribution is 6.07. The van der Waals surface area contributed by atoms with Crippen molar-refractivity contribution in [3.63, 3.8) is 0 Å². The van der Waals surface area contributed by atoms with Gasteiger partial charge in [-0.15, -0.1) is 0 Å². The van der Waals surface area contributed by atoms with Crippen LogP contribution in [-0.2, 0) is 13.0 Å². The average Bonchev–Trinajstić information content (AvgIpc) is 2.94. The van der Waals surface area contributed by atoms with Gasteiger partial charge in [0.25, 0.3) is 0 Å². The lowest BCUT2D eigenvalue weighted by Gasteiger charge is -2.10. The molecule has 2 heteroatoms. The summed E-state index contributed by atoms with van der Waals surface area (Å²) in [6.07, 6.45) is 0.846. The number of ketones is 1. The summed E-state index contributed by atoms with van der Waals surface area (Å²) >= 11 is 0. The van der Waals surface area contributed by atoms with Crippen LogP contribution in [-0.4, -0.2) is 10.4 Å². The minimum atomic E-state index is 0.132. The van der Waals surface area contributed by atoms with Crippen LogP contribution >= 0.6 is 0 Å². The molecule has 0 saturated heterocycles. The number of aryl methyl sites for hydroxylation is 2. The number of aromatic nitrogens is 1. The highest BCUT2D eigenvalue weighted by Crippen LogP contribution is 2.29. The summed E-state index contributed by atoms with van der Waals surface area (Å²) < 4.78 is 2.36. The van der Waals surface area contributed by atoms with Crippen LogP contribution in [0.5, 0.6) is 0 Å². The first-order valence-electron chi connectivity index (χ1n) is 8.30. The molecule has 1 aromatic heterocycles. The Morgan fingerprint density at radius 2 is 1.33 bits per heavy atom. The fourth-order valence-electron chi connectivity index (χ4n) is 3.56. The predicted molar refractivity (Wildman–Crippen MR) is 99.6 cm³/mol. The summed E-state index contributed by atoms with van der Waals surface area (Å²) in [6, 6.07) is 25.0. The van der Waals surface area contributed by atoms with Gasteiger partial charge in [0.05, 0.1) is 0 Å². The zero-order valence-electron chi connectivity index (χ0n) is 13.7. The molecule has 0 atom stereocenters. The molecule has 24 heavy (non-hydrogen) atoms. The second-order valence-electron chi connectivity index (χ2n) is 6.15. The second kappa shape index (κ2) is 5.97. The van der Waals surface area contributed by atoms with E-state index in [0.717, 1.165) is 24.1 Å². The van der Waals surface area contributed by atoms with E-state index in [9.17, 15) is 4.79 Å². The molecule has 1 heterocycles. The minimum absolute atomic E-state index is 0.132. The van der Waals surface area contributed by atoms with Crippen LogP contribution in [0.4, 0.5) is 0 Å². The third kappa shape index (κ3) is 2.41. The standard InChI is InChI=1S/C22H19NO/c1-16(24)18-9-3-2-8-17(18)14-15-23-21-12-6-4-10-19(21)20-11-5-7-13-22(20)23/h2-13H,14-15H2,1H3. The van der Waals surface area contributed by atoms with Crippen molar-refractivity contribution in [1.82, 2.24) is 4.57 Å². The van der Waals surface area contributed by atoms with Crippen molar-refractivity contribution in [3.8, 4) is 0 Å². The lowest BCUT2D eigenvalue weighted by molar-refractivity contribution is 0.101. The van der Waals surface area contributed by atoms with Crippen LogP contribution in [0.1, 0.15) is 22.8 Å². The molecule has 0 aliphatic heterocycles. The van der Waals surface area contributed by atoms with Gasteiger partial charge in [-0.25, -0.2) is 0 Å². The van der Waals surface area contributed by atoms with Gasteiger partial charge in [-0.2, -0.15) is 0 Å². The van der Waals surface area contributed by atoms with Crippen LogP contribution in [0.3, 0.4) is 0 Å². The molecule has 0 amide bonds. The molecular weight excluding hydrogens is 294 g/mol. The van der Waals surface area contributed by atoms with Gasteiger partial charge in [0, 0.05) is 33.9 Å². The van der Waals surface area contributed by atoms with Crippen LogP contribution in [0.15, 0.2) is 72.8 Å². The largest absolute Gasteiger partial charge is 0.340 e. The number of fused-ring (bicyclic) bond motifs is 3. The van der Waals surface area contributed by atoms with Crippen LogP contribution in [0.2, 0.25) is 0 Å². The van der Waals surface area contributed by atoms with Crippen molar-refractivity contribution in [2.45, 2.75) is 19.9 Å². The number of carbonyl (C=O) groups excluding carboxylic acids is 1. The molecule has 0 bridgehead atoms. The van der Waals surface area contributed by atoms with Gasteiger partial charge < -0.3 is 4.57 Å². The summed E-state index contributed by atoms with van der Waals surface area (Å²) in [4.78, 5) is 11.8. The SMILES string of the molecule is CC(=O)c1ccccc1CCn1c2ccccc2c2ccccc21. The number of hydrogen-bond acceptors (Lipinski definition) is 1. The summed E-state index contributed by atoms with van der Waals surface area (Å²) in [5.41, 5.74) is 4.45. The Kier molecular flexibility index (Phi) is 3.66. The van der Waals surface area contributed by atoms with Crippen LogP contribution in [0, 0.1) is 0 Å². The number of rotatable bonds is 4. The van der Waals surface area contributed by atoms with Crippen LogP contribution < -0.4 is 0 Å². The van der Waals surface area contributed by atoms with Crippen molar-refractivity contribution in [1.29, 1.82) is 0 Å². The van der Waals surface area contributed by atoms with E-state index in [-0.39, 0.29) is 5.78 Å². The van der Waals surface area contributed by atoms with E-state index in [4.69, 9.17) is 0 Å². The predicted octanol–water partition coefficient (Wildman–Crippen LogP) is 5.24. The van der Waals surface area contributed by atoms with Crippen LogP contribution in [0.25, 0.3) is 21.8 Å². The average molecular weight is 313 g/mol. The van der Waals surface area contributed by atoms with E-state index < -0.39 is 0 Å². The van der Waals surface area contributed by atoms with Crippen molar-refractivity contribution in [3.05, 3.63) is 83.9 Å². The van der Waals surface area contributed by atoms with Gasteiger partial charge in [0.2, 0.25) is 0 Å². The third-order valence-corrected chi connectivity index (χ3v) is 4.68. The quantitative estimate of drug-likeness (QED) is 0.472. The Balaban J connectivity index is 1.79. The third-order valence-electron chi connectivity index (χ3n) is 4.68. The molecular formula is C22H19NO. The fourth-order valence-corrected chi connectivity index (χ4v) is 3.56. The summed E-state index contributed by atoms with van der Waals surface area (Å²) in [6.45, 7) is 2.50. The van der Waals surface area contributed by atoms with E-state index in [0.29, 0.717) is 0 Å². The highest BCUT2D eigenvalue weighted by atomic mass is 16.1. The van der Waals surface area contributed by atoms with Crippen molar-refractivity contribution in [2.75, 3.05) is 0 Å². The Labute approximate surface area is 141 Å². The first-order chi connectivity index (χ1) is 11.8. The monoisotopic (exact) mass is 313 g/mol. The van der Waals surface area contributed by atoms with E-state index in [1.165, 1.54) is 21.8 Å². The zero-order valence-corrected chi connectivity index (χ0v) is 13.7. The normalized spacial score (nSPS) is 11.2. The summed E-state index contributed by atoms with van der Waals surface area (Å²) in [7, 11) is 0. The first kappa shape index (κ1) is 14.7. The molecule has 0 aliphatic carbocycles. The molecule has 0 fully saturated rings. The maximum absolute atomic E-state index is 11.8. The number of hydrogen-bond donors (Lipinski definition) is 0. The second-order valence-corrected chi connectivity index (χ2v) is 6.15. The van der Waals surface area contributed by atoms with Gasteiger partial charge in [-0.3, -0.25) is 4.79 Å². The first-order valence-corrected chi connectivity index (χ1v) is 8.30. The van der Waals surface area contributed by atoms with Gasteiger partial charge in [-0.05, 0) is 31.0 Å². The maximum Gasteiger partial charge on any atom is 0.160 e. The van der Waals surface area contributed by atoms with Crippen molar-refractivity contribution in [2.24, 2.45) is 0 Å². The molecule has 0 spiro atoms. The van der Waals surface area contributed by atoms with Gasteiger partial charge >= 0.3 is 0 Å². The lowest BCUT2D eigenvalue weighted by atomic mass is 10.0. The van der Waals surface area contributed by atoms with E-state index in [1.807, 2.05) is 18.2 Å². The van der Waals surface area contributed by atoms with E-state index >= 15 is 0 Å². The molecule has 118 valence electrons. The number of Topliss-reactive ketones (excluding diaryl/α,β-unsaturated/α-hetero) is 1. The zero-order chi connectivity index (χ0) is 16.5. The van der Waals surface area contributed by atoms with Crippen molar-refractivity contribution >= 4 is 27.6 Å². The molecule has 0 N–H and O–H groups in total. The fraction of sp³-hybridized carbons (Fsp3) is 0.136. The molecule has 0 unspecified atom stereocenters. The lowest BCUT2D eigenvalue weighted by Crippen LogP contribution is -2.05. The number of benzene rings is 3. The Bertz CT molecular complexity index is 989. The van der Waals surface area contributed by atoms with Gasteiger partial charge in [0.15, 0.2) is 5.78 Å². The summed E-state index contributed by atoms with van der Waals surface area (Å²) in [5, 5.41) is 2.57. The molecule has 3 aromatic carbocycles. The minimum Gasteiger partial charge on any atom is -0.340 e. The number of carbonyl (C=O) groups is 1. The molecule has 0 saturated carbocycles. The molecule has 4 rings (SSSR count). The van der Waals surface area contributed by atoms with Gasteiger partial charge in [-0.1, -0.05) is 60.7 Å². The van der Waals surface area contributed by atoms with E-state index in [1.54, 1.807) is 6.92 Å². The Morgan fingerprint density at radius 1 is 0.792 bits per heavy atom. The molecule has 0 radical (unpaired) electrons. The molecule has 4 aromatic rings. The van der Waals surface area contributed by atoms with Crippen molar-refractivity contribution < 1.29 is 4.79 Å². The molecule has 2 nitrogen and oxygen atoms in total. The number of nitrogens with zero attached hydrogens (tertiary/aromatic N) is 1. The smallest absolute Gasteiger partial charge is 0.160 e.